The van der Waals surface area contributed by atoms with Crippen molar-refractivity contribution in [1.29, 1.82) is 0 Å². The van der Waals surface area contributed by atoms with Crippen molar-refractivity contribution in [3.05, 3.63) is 63.4 Å². The summed E-state index contributed by atoms with van der Waals surface area (Å²) in [5, 5.41) is 0.152. The molecule has 148 valence electrons. The van der Waals surface area contributed by atoms with Crippen LogP contribution >= 0.6 is 11.6 Å². The highest BCUT2D eigenvalue weighted by Crippen LogP contribution is 2.43. The maximum Gasteiger partial charge on any atom is 0.308 e. The molecule has 0 bridgehead atoms. The van der Waals surface area contributed by atoms with E-state index in [4.69, 9.17) is 16.3 Å². The lowest BCUT2D eigenvalue weighted by Gasteiger charge is -2.26. The molecule has 1 atom stereocenters. The molecule has 4 nitrogen and oxygen atoms in total. The standard InChI is InChI=1S/C18H11ClF5NO3/c1-2-28-11(26)6-10-9-5-7(19)3-4-8(9)18(27)25(10)17-15(23)13(21)12(20)14(22)16(17)24/h3-5,10H,2,6H2,1H3. The van der Waals surface area contributed by atoms with Crippen LogP contribution in [0.25, 0.3) is 0 Å². The number of hydrogen-bond acceptors (Lipinski definition) is 3. The summed E-state index contributed by atoms with van der Waals surface area (Å²) in [7, 11) is 0. The summed E-state index contributed by atoms with van der Waals surface area (Å²) in [6, 6.07) is 2.48. The molecule has 1 amide bonds. The molecule has 10 heteroatoms. The number of fused-ring (bicyclic) bond motifs is 1. The van der Waals surface area contributed by atoms with Gasteiger partial charge in [0.2, 0.25) is 5.82 Å². The third kappa shape index (κ3) is 3.09. The summed E-state index contributed by atoms with van der Waals surface area (Å²) in [5.74, 6) is -13.0. The van der Waals surface area contributed by atoms with Gasteiger partial charge in [-0.05, 0) is 30.7 Å². The van der Waals surface area contributed by atoms with Crippen LogP contribution in [0, 0.1) is 29.1 Å². The Kier molecular flexibility index (Phi) is 5.29. The smallest absolute Gasteiger partial charge is 0.308 e. The molecule has 1 heterocycles. The average Bonchev–Trinajstić information content (AvgIpc) is 2.90. The second-order valence-corrected chi connectivity index (χ2v) is 6.29. The number of esters is 1. The molecule has 28 heavy (non-hydrogen) atoms. The monoisotopic (exact) mass is 419 g/mol. The van der Waals surface area contributed by atoms with E-state index in [9.17, 15) is 31.5 Å². The predicted octanol–water partition coefficient (Wildman–Crippen LogP) is 4.69. The summed E-state index contributed by atoms with van der Waals surface area (Å²) in [5.41, 5.74) is -1.42. The number of benzene rings is 2. The van der Waals surface area contributed by atoms with Crippen LogP contribution in [0.4, 0.5) is 27.6 Å². The summed E-state index contributed by atoms with van der Waals surface area (Å²) in [6.45, 7) is 1.51. The molecule has 0 fully saturated rings. The Balaban J connectivity index is 2.22. The van der Waals surface area contributed by atoms with E-state index in [1.54, 1.807) is 0 Å². The molecule has 0 aliphatic carbocycles. The van der Waals surface area contributed by atoms with Crippen molar-refractivity contribution in [2.24, 2.45) is 0 Å². The van der Waals surface area contributed by atoms with Gasteiger partial charge in [0.1, 0.15) is 5.69 Å². The van der Waals surface area contributed by atoms with Gasteiger partial charge in [-0.1, -0.05) is 11.6 Å². The maximum absolute atomic E-state index is 14.3. The van der Waals surface area contributed by atoms with Gasteiger partial charge in [0, 0.05) is 10.6 Å². The Labute approximate surface area is 160 Å². The van der Waals surface area contributed by atoms with E-state index in [1.807, 2.05) is 0 Å². The van der Waals surface area contributed by atoms with E-state index in [0.29, 0.717) is 4.90 Å². The Morgan fingerprint density at radius 3 is 2.21 bits per heavy atom. The van der Waals surface area contributed by atoms with E-state index in [2.05, 4.69) is 0 Å². The molecule has 0 N–H and O–H groups in total. The average molecular weight is 420 g/mol. The minimum absolute atomic E-state index is 0.00949. The molecule has 0 saturated carbocycles. The molecular weight excluding hydrogens is 409 g/mol. The molecule has 2 aromatic carbocycles. The third-order valence-electron chi connectivity index (χ3n) is 4.23. The predicted molar refractivity (Wildman–Crippen MR) is 88.5 cm³/mol. The van der Waals surface area contributed by atoms with Crippen LogP contribution < -0.4 is 4.90 Å². The lowest BCUT2D eigenvalue weighted by Crippen LogP contribution is -2.32. The van der Waals surface area contributed by atoms with Crippen molar-refractivity contribution in [1.82, 2.24) is 0 Å². The number of ether oxygens (including phenoxy) is 1. The number of carbonyl (C=O) groups excluding carboxylic acids is 2. The Hall–Kier alpha value is -2.68. The normalized spacial score (nSPS) is 15.8. The number of hydrogen-bond donors (Lipinski definition) is 0. The molecular formula is C18H11ClF5NO3. The van der Waals surface area contributed by atoms with Crippen LogP contribution in [0.3, 0.4) is 0 Å². The SMILES string of the molecule is CCOC(=O)CC1c2cc(Cl)ccc2C(=O)N1c1c(F)c(F)c(F)c(F)c1F. The highest BCUT2D eigenvalue weighted by molar-refractivity contribution is 6.31. The van der Waals surface area contributed by atoms with Crippen LogP contribution in [0.5, 0.6) is 0 Å². The van der Waals surface area contributed by atoms with Crippen molar-refractivity contribution in [3.8, 4) is 0 Å². The van der Waals surface area contributed by atoms with Gasteiger partial charge in [0.15, 0.2) is 23.3 Å². The number of carbonyl (C=O) groups is 2. The molecule has 0 saturated heterocycles. The van der Waals surface area contributed by atoms with E-state index in [1.165, 1.54) is 25.1 Å². The maximum atomic E-state index is 14.3. The van der Waals surface area contributed by atoms with Gasteiger partial charge in [-0.3, -0.25) is 14.5 Å². The summed E-state index contributed by atoms with van der Waals surface area (Å²) >= 11 is 5.90. The zero-order chi connectivity index (χ0) is 20.7. The molecule has 1 aliphatic heterocycles. The van der Waals surface area contributed by atoms with Gasteiger partial charge in [-0.25, -0.2) is 22.0 Å². The first-order chi connectivity index (χ1) is 13.2. The second kappa shape index (κ2) is 7.38. The zero-order valence-corrected chi connectivity index (χ0v) is 14.9. The van der Waals surface area contributed by atoms with E-state index >= 15 is 0 Å². The lowest BCUT2D eigenvalue weighted by atomic mass is 10.0. The lowest BCUT2D eigenvalue weighted by molar-refractivity contribution is -0.143. The topological polar surface area (TPSA) is 46.6 Å². The highest BCUT2D eigenvalue weighted by Gasteiger charge is 2.43. The first kappa shape index (κ1) is 20.1. The van der Waals surface area contributed by atoms with Gasteiger partial charge >= 0.3 is 5.97 Å². The molecule has 1 aliphatic rings. The Morgan fingerprint density at radius 2 is 1.64 bits per heavy atom. The molecule has 2 aromatic rings. The largest absolute Gasteiger partial charge is 0.466 e. The second-order valence-electron chi connectivity index (χ2n) is 5.85. The van der Waals surface area contributed by atoms with Crippen molar-refractivity contribution >= 4 is 29.2 Å². The first-order valence-corrected chi connectivity index (χ1v) is 8.36. The quantitative estimate of drug-likeness (QED) is 0.312. The molecule has 1 unspecified atom stereocenters. The third-order valence-corrected chi connectivity index (χ3v) is 4.46. The molecule has 0 aromatic heterocycles. The number of anilines is 1. The van der Waals surface area contributed by atoms with E-state index in [-0.39, 0.29) is 22.8 Å². The van der Waals surface area contributed by atoms with Crippen LogP contribution in [0.2, 0.25) is 5.02 Å². The Morgan fingerprint density at radius 1 is 1.07 bits per heavy atom. The molecule has 3 rings (SSSR count). The van der Waals surface area contributed by atoms with Crippen molar-refractivity contribution in [2.45, 2.75) is 19.4 Å². The van der Waals surface area contributed by atoms with Crippen molar-refractivity contribution < 1.29 is 36.3 Å². The molecule has 0 spiro atoms. The van der Waals surface area contributed by atoms with Gasteiger partial charge in [-0.2, -0.15) is 0 Å². The molecule has 0 radical (unpaired) electrons. The van der Waals surface area contributed by atoms with Gasteiger partial charge in [0.05, 0.1) is 19.1 Å². The van der Waals surface area contributed by atoms with Crippen molar-refractivity contribution in [2.75, 3.05) is 11.5 Å². The fraction of sp³-hybridized carbons (Fsp3) is 0.222. The van der Waals surface area contributed by atoms with Crippen LogP contribution in [-0.4, -0.2) is 18.5 Å². The summed E-state index contributed by atoms with van der Waals surface area (Å²) in [6.07, 6.45) is -0.577. The fourth-order valence-electron chi connectivity index (χ4n) is 3.06. The van der Waals surface area contributed by atoms with E-state index < -0.39 is 59.1 Å². The van der Waals surface area contributed by atoms with Crippen LogP contribution in [0.15, 0.2) is 18.2 Å². The minimum atomic E-state index is -2.35. The van der Waals surface area contributed by atoms with Gasteiger partial charge in [0.25, 0.3) is 5.91 Å². The van der Waals surface area contributed by atoms with Crippen LogP contribution in [-0.2, 0) is 9.53 Å². The minimum Gasteiger partial charge on any atom is -0.466 e. The van der Waals surface area contributed by atoms with Crippen molar-refractivity contribution in [3.63, 3.8) is 0 Å². The number of rotatable bonds is 4. The number of halogens is 6. The fourth-order valence-corrected chi connectivity index (χ4v) is 3.24. The number of nitrogens with zero attached hydrogens (tertiary/aromatic N) is 1. The number of amides is 1. The van der Waals surface area contributed by atoms with Crippen LogP contribution in [0.1, 0.15) is 35.3 Å². The first-order valence-electron chi connectivity index (χ1n) is 7.99. The zero-order valence-electron chi connectivity index (χ0n) is 14.2. The van der Waals surface area contributed by atoms with E-state index in [0.717, 1.165) is 0 Å². The summed E-state index contributed by atoms with van der Waals surface area (Å²) < 4.78 is 74.2. The van der Waals surface area contributed by atoms with Gasteiger partial charge < -0.3 is 4.74 Å². The Bertz CT molecular complexity index is 969. The highest BCUT2D eigenvalue weighted by atomic mass is 35.5. The summed E-state index contributed by atoms with van der Waals surface area (Å²) in [4.78, 5) is 25.0. The van der Waals surface area contributed by atoms with Gasteiger partial charge in [-0.15, -0.1) is 0 Å².